The molecule has 0 saturated carbocycles. The van der Waals surface area contributed by atoms with Crippen molar-refractivity contribution in [2.45, 2.75) is 25.4 Å². The fraction of sp³-hybridized carbons (Fsp3) is 0.500. The molecule has 1 unspecified atom stereocenters. The lowest BCUT2D eigenvalue weighted by atomic mass is 10.1. The fourth-order valence-electron chi connectivity index (χ4n) is 1.77. The zero-order valence-corrected chi connectivity index (χ0v) is 9.87. The molecule has 1 atom stereocenters. The summed E-state index contributed by atoms with van der Waals surface area (Å²) in [6, 6.07) is 5.26. The summed E-state index contributed by atoms with van der Waals surface area (Å²) in [4.78, 5) is 0. The first kappa shape index (κ1) is 11.6. The van der Waals surface area contributed by atoms with Crippen LogP contribution in [0.1, 0.15) is 19.3 Å². The Hall–Kier alpha value is -0.930. The Labute approximate surface area is 100 Å². The van der Waals surface area contributed by atoms with E-state index in [-0.39, 0.29) is 6.10 Å². The number of nitrogens with two attached hydrogens (primary N) is 1. The molecule has 2 rings (SSSR count). The summed E-state index contributed by atoms with van der Waals surface area (Å²) in [6.45, 7) is 1.40. The van der Waals surface area contributed by atoms with Crippen molar-refractivity contribution in [1.82, 2.24) is 0 Å². The molecule has 1 aromatic carbocycles. The maximum Gasteiger partial charge on any atom is 0.142 e. The second-order valence-corrected chi connectivity index (χ2v) is 4.42. The minimum Gasteiger partial charge on any atom is -0.489 e. The smallest absolute Gasteiger partial charge is 0.142 e. The quantitative estimate of drug-likeness (QED) is 0.828. The minimum absolute atomic E-state index is 0.198. The first-order valence-electron chi connectivity index (χ1n) is 5.55. The van der Waals surface area contributed by atoms with Crippen LogP contribution in [0.3, 0.4) is 0 Å². The van der Waals surface area contributed by atoms with Crippen molar-refractivity contribution in [1.29, 1.82) is 0 Å². The molecule has 0 amide bonds. The highest BCUT2D eigenvalue weighted by molar-refractivity contribution is 6.30. The topological polar surface area (TPSA) is 44.5 Å². The maximum absolute atomic E-state index is 5.81. The standard InChI is InChI=1S/C12H16ClNO2/c13-9-4-5-12(11(14)7-9)16-8-10-3-1-2-6-15-10/h4-5,7,10H,1-3,6,8,14H2. The van der Waals surface area contributed by atoms with Gasteiger partial charge in [0, 0.05) is 11.6 Å². The van der Waals surface area contributed by atoms with Gasteiger partial charge in [-0.2, -0.15) is 0 Å². The summed E-state index contributed by atoms with van der Waals surface area (Å²) < 4.78 is 11.2. The number of hydrogen-bond donors (Lipinski definition) is 1. The summed E-state index contributed by atoms with van der Waals surface area (Å²) in [5, 5.41) is 0.624. The van der Waals surface area contributed by atoms with Crippen LogP contribution in [0.5, 0.6) is 5.75 Å². The van der Waals surface area contributed by atoms with Crippen molar-refractivity contribution in [3.63, 3.8) is 0 Å². The highest BCUT2D eigenvalue weighted by Crippen LogP contribution is 2.25. The number of halogens is 1. The van der Waals surface area contributed by atoms with Gasteiger partial charge >= 0.3 is 0 Å². The summed E-state index contributed by atoms with van der Waals surface area (Å²) >= 11 is 5.81. The lowest BCUT2D eigenvalue weighted by molar-refractivity contribution is -0.0109. The van der Waals surface area contributed by atoms with Crippen molar-refractivity contribution in [3.05, 3.63) is 23.2 Å². The summed E-state index contributed by atoms with van der Waals surface area (Å²) in [5.74, 6) is 0.679. The SMILES string of the molecule is Nc1cc(Cl)ccc1OCC1CCCCO1. The molecule has 88 valence electrons. The van der Waals surface area contributed by atoms with Crippen molar-refractivity contribution in [2.24, 2.45) is 0 Å². The molecule has 1 saturated heterocycles. The van der Waals surface area contributed by atoms with Crippen molar-refractivity contribution < 1.29 is 9.47 Å². The molecule has 1 heterocycles. The molecule has 4 heteroatoms. The number of ether oxygens (including phenoxy) is 2. The molecule has 0 bridgehead atoms. The Balaban J connectivity index is 1.88. The Kier molecular flexibility index (Phi) is 3.91. The molecule has 0 radical (unpaired) electrons. The molecular weight excluding hydrogens is 226 g/mol. The highest BCUT2D eigenvalue weighted by atomic mass is 35.5. The van der Waals surface area contributed by atoms with Crippen LogP contribution in [0.15, 0.2) is 18.2 Å². The molecule has 16 heavy (non-hydrogen) atoms. The molecule has 3 nitrogen and oxygen atoms in total. The van der Waals surface area contributed by atoms with Crippen molar-refractivity contribution >= 4 is 17.3 Å². The monoisotopic (exact) mass is 241 g/mol. The van der Waals surface area contributed by atoms with Crippen LogP contribution in [0, 0.1) is 0 Å². The third kappa shape index (κ3) is 3.03. The third-order valence-corrected chi connectivity index (χ3v) is 2.91. The van der Waals surface area contributed by atoms with Gasteiger partial charge < -0.3 is 15.2 Å². The Morgan fingerprint density at radius 3 is 3.00 bits per heavy atom. The van der Waals surface area contributed by atoms with Crippen LogP contribution in [-0.4, -0.2) is 19.3 Å². The van der Waals surface area contributed by atoms with Gasteiger partial charge in [0.15, 0.2) is 0 Å². The highest BCUT2D eigenvalue weighted by Gasteiger charge is 2.14. The van der Waals surface area contributed by atoms with Crippen LogP contribution in [0.2, 0.25) is 5.02 Å². The number of nitrogen functional groups attached to an aromatic ring is 1. The van der Waals surface area contributed by atoms with Gasteiger partial charge in [-0.1, -0.05) is 11.6 Å². The van der Waals surface area contributed by atoms with Crippen LogP contribution in [0.4, 0.5) is 5.69 Å². The van der Waals surface area contributed by atoms with E-state index in [1.165, 1.54) is 6.42 Å². The molecule has 1 fully saturated rings. The fourth-order valence-corrected chi connectivity index (χ4v) is 1.95. The van der Waals surface area contributed by atoms with Crippen molar-refractivity contribution in [3.8, 4) is 5.75 Å². The number of anilines is 1. The van der Waals surface area contributed by atoms with Crippen LogP contribution >= 0.6 is 11.6 Å². The van der Waals surface area contributed by atoms with Gasteiger partial charge in [0.05, 0.1) is 11.8 Å². The molecule has 1 aliphatic heterocycles. The first-order chi connectivity index (χ1) is 7.75. The van der Waals surface area contributed by atoms with Crippen molar-refractivity contribution in [2.75, 3.05) is 18.9 Å². The number of hydrogen-bond acceptors (Lipinski definition) is 3. The van der Waals surface area contributed by atoms with Gasteiger partial charge in [-0.05, 0) is 37.5 Å². The van der Waals surface area contributed by atoms with Gasteiger partial charge in [0.25, 0.3) is 0 Å². The number of rotatable bonds is 3. The Morgan fingerprint density at radius 2 is 2.31 bits per heavy atom. The average molecular weight is 242 g/mol. The van der Waals surface area contributed by atoms with E-state index in [0.717, 1.165) is 19.4 Å². The Morgan fingerprint density at radius 1 is 1.44 bits per heavy atom. The van der Waals surface area contributed by atoms with Gasteiger partial charge in [-0.3, -0.25) is 0 Å². The van der Waals surface area contributed by atoms with Crippen LogP contribution < -0.4 is 10.5 Å². The van der Waals surface area contributed by atoms with E-state index in [9.17, 15) is 0 Å². The predicted molar refractivity (Wildman–Crippen MR) is 65.0 cm³/mol. The second-order valence-electron chi connectivity index (χ2n) is 3.98. The lowest BCUT2D eigenvalue weighted by Gasteiger charge is -2.22. The van der Waals surface area contributed by atoms with E-state index >= 15 is 0 Å². The second kappa shape index (κ2) is 5.41. The molecule has 0 aliphatic carbocycles. The van der Waals surface area contributed by atoms with E-state index in [4.69, 9.17) is 26.8 Å². The first-order valence-corrected chi connectivity index (χ1v) is 5.93. The van der Waals surface area contributed by atoms with E-state index in [1.807, 2.05) is 0 Å². The summed E-state index contributed by atoms with van der Waals surface area (Å²) in [5.41, 5.74) is 6.36. The molecular formula is C12H16ClNO2. The predicted octanol–water partition coefficient (Wildman–Crippen LogP) is 2.87. The van der Waals surface area contributed by atoms with Gasteiger partial charge in [-0.25, -0.2) is 0 Å². The Bertz CT molecular complexity index is 351. The molecule has 2 N–H and O–H groups in total. The molecule has 1 aliphatic rings. The van der Waals surface area contributed by atoms with Gasteiger partial charge in [-0.15, -0.1) is 0 Å². The lowest BCUT2D eigenvalue weighted by Crippen LogP contribution is -2.25. The molecule has 0 spiro atoms. The van der Waals surface area contributed by atoms with E-state index in [0.29, 0.717) is 23.1 Å². The van der Waals surface area contributed by atoms with E-state index in [2.05, 4.69) is 0 Å². The normalized spacial score (nSPS) is 20.7. The largest absolute Gasteiger partial charge is 0.489 e. The average Bonchev–Trinajstić information content (AvgIpc) is 2.29. The van der Waals surface area contributed by atoms with Gasteiger partial charge in [0.1, 0.15) is 12.4 Å². The van der Waals surface area contributed by atoms with E-state index < -0.39 is 0 Å². The third-order valence-electron chi connectivity index (χ3n) is 2.67. The summed E-state index contributed by atoms with van der Waals surface area (Å²) in [6.07, 6.45) is 3.63. The number of benzene rings is 1. The maximum atomic E-state index is 5.81. The minimum atomic E-state index is 0.198. The zero-order chi connectivity index (χ0) is 11.4. The summed E-state index contributed by atoms with van der Waals surface area (Å²) in [7, 11) is 0. The van der Waals surface area contributed by atoms with Crippen LogP contribution in [-0.2, 0) is 4.74 Å². The molecule has 1 aromatic rings. The van der Waals surface area contributed by atoms with Gasteiger partial charge in [0.2, 0.25) is 0 Å². The zero-order valence-electron chi connectivity index (χ0n) is 9.12. The molecule has 0 aromatic heterocycles. The van der Waals surface area contributed by atoms with E-state index in [1.54, 1.807) is 18.2 Å². The van der Waals surface area contributed by atoms with Crippen LogP contribution in [0.25, 0.3) is 0 Å².